The van der Waals surface area contributed by atoms with Crippen LogP contribution in [0, 0.1) is 0 Å². The summed E-state index contributed by atoms with van der Waals surface area (Å²) in [5, 5.41) is 2.45. The fraction of sp³-hybridized carbons (Fsp3) is 0.400. The minimum absolute atomic E-state index is 0.104. The first-order valence-electron chi connectivity index (χ1n) is 10.7. The number of benzene rings is 2. The fourth-order valence-electron chi connectivity index (χ4n) is 3.72. The minimum atomic E-state index is -1.13. The van der Waals surface area contributed by atoms with Gasteiger partial charge in [0, 0.05) is 5.92 Å². The maximum atomic E-state index is 12.5. The van der Waals surface area contributed by atoms with Crippen LogP contribution < -0.4 is 5.32 Å². The molecule has 33 heavy (non-hydrogen) atoms. The maximum Gasteiger partial charge on any atom is 0.407 e. The van der Waals surface area contributed by atoms with Gasteiger partial charge in [-0.15, -0.1) is 0 Å². The smallest absolute Gasteiger partial charge is 0.407 e. The van der Waals surface area contributed by atoms with Crippen molar-refractivity contribution in [1.82, 2.24) is 5.32 Å². The van der Waals surface area contributed by atoms with Gasteiger partial charge in [-0.25, -0.2) is 14.4 Å². The Morgan fingerprint density at radius 3 is 2.09 bits per heavy atom. The van der Waals surface area contributed by atoms with Crippen molar-refractivity contribution in [3.63, 3.8) is 0 Å². The molecule has 2 aromatic rings. The van der Waals surface area contributed by atoms with Crippen molar-refractivity contribution in [2.24, 2.45) is 0 Å². The van der Waals surface area contributed by atoms with Gasteiger partial charge < -0.3 is 24.3 Å². The Hall–Kier alpha value is -3.39. The lowest BCUT2D eigenvalue weighted by Gasteiger charge is -2.20. The summed E-state index contributed by atoms with van der Waals surface area (Å²) in [7, 11) is 1.20. The number of carbonyl (C=O) groups excluding carboxylic acids is 3. The first-order valence-corrected chi connectivity index (χ1v) is 10.7. The van der Waals surface area contributed by atoms with Crippen LogP contribution in [0.1, 0.15) is 37.8 Å². The largest absolute Gasteiger partial charge is 0.467 e. The molecule has 2 aromatic carbocycles. The quantitative estimate of drug-likeness (QED) is 0.481. The lowest BCUT2D eigenvalue weighted by molar-refractivity contribution is -0.161. The summed E-state index contributed by atoms with van der Waals surface area (Å²) in [4.78, 5) is 36.3. The molecule has 1 aliphatic carbocycles. The van der Waals surface area contributed by atoms with E-state index >= 15 is 0 Å². The summed E-state index contributed by atoms with van der Waals surface area (Å²) in [5.41, 5.74) is 3.74. The molecular weight excluding hydrogens is 426 g/mol. The zero-order valence-corrected chi connectivity index (χ0v) is 19.3. The zero-order valence-electron chi connectivity index (χ0n) is 19.3. The molecule has 8 nitrogen and oxygen atoms in total. The number of esters is 2. The Kier molecular flexibility index (Phi) is 7.71. The van der Waals surface area contributed by atoms with Crippen LogP contribution >= 0.6 is 0 Å². The SMILES string of the molecule is COC(=O)C(COCC(=O)OC(C)(C)C)NC(=O)OCC1c2ccccc2-c2ccccc21. The van der Waals surface area contributed by atoms with Gasteiger partial charge in [0.25, 0.3) is 0 Å². The van der Waals surface area contributed by atoms with E-state index in [2.05, 4.69) is 5.32 Å². The lowest BCUT2D eigenvalue weighted by atomic mass is 9.98. The van der Waals surface area contributed by atoms with Gasteiger partial charge >= 0.3 is 18.0 Å². The Morgan fingerprint density at radius 2 is 1.55 bits per heavy atom. The number of carbonyl (C=O) groups is 3. The number of fused-ring (bicyclic) bond motifs is 3. The van der Waals surface area contributed by atoms with Crippen LogP contribution in [0.15, 0.2) is 48.5 Å². The van der Waals surface area contributed by atoms with E-state index in [4.69, 9.17) is 18.9 Å². The molecule has 1 unspecified atom stereocenters. The molecule has 0 aliphatic heterocycles. The molecular formula is C25H29NO7. The first-order chi connectivity index (χ1) is 15.7. The maximum absolute atomic E-state index is 12.5. The second kappa shape index (κ2) is 10.5. The number of amides is 1. The van der Waals surface area contributed by atoms with Crippen LogP contribution in [0.25, 0.3) is 11.1 Å². The number of ether oxygens (including phenoxy) is 4. The average molecular weight is 456 g/mol. The Labute approximate surface area is 193 Å². The van der Waals surface area contributed by atoms with Crippen LogP contribution in [0.5, 0.6) is 0 Å². The summed E-state index contributed by atoms with van der Waals surface area (Å²) in [5.74, 6) is -1.40. The van der Waals surface area contributed by atoms with Crippen molar-refractivity contribution in [3.05, 3.63) is 59.7 Å². The van der Waals surface area contributed by atoms with Crippen LogP contribution in [0.3, 0.4) is 0 Å². The minimum Gasteiger partial charge on any atom is -0.467 e. The van der Waals surface area contributed by atoms with Gasteiger partial charge in [0.15, 0.2) is 6.04 Å². The normalized spacial score (nSPS) is 13.5. The molecule has 0 fully saturated rings. The zero-order chi connectivity index (χ0) is 24.0. The molecule has 0 radical (unpaired) electrons. The van der Waals surface area contributed by atoms with Crippen molar-refractivity contribution in [2.45, 2.75) is 38.3 Å². The second-order valence-electron chi connectivity index (χ2n) is 8.65. The van der Waals surface area contributed by atoms with Gasteiger partial charge in [-0.2, -0.15) is 0 Å². The number of nitrogens with one attached hydrogen (secondary N) is 1. The number of rotatable bonds is 8. The fourth-order valence-corrected chi connectivity index (χ4v) is 3.72. The third-order valence-corrected chi connectivity index (χ3v) is 5.05. The van der Waals surface area contributed by atoms with E-state index in [0.29, 0.717) is 0 Å². The van der Waals surface area contributed by atoms with Gasteiger partial charge in [-0.3, -0.25) is 0 Å². The van der Waals surface area contributed by atoms with E-state index in [1.54, 1.807) is 20.8 Å². The molecule has 0 saturated heterocycles. The van der Waals surface area contributed by atoms with Crippen LogP contribution in [-0.2, 0) is 28.5 Å². The number of methoxy groups -OCH3 is 1. The highest BCUT2D eigenvalue weighted by atomic mass is 16.6. The highest BCUT2D eigenvalue weighted by Gasteiger charge is 2.30. The summed E-state index contributed by atoms with van der Waals surface area (Å²) >= 11 is 0. The number of hydrogen-bond acceptors (Lipinski definition) is 7. The standard InChI is InChI=1S/C25H29NO7/c1-25(2,3)33-22(27)15-31-14-21(23(28)30-4)26-24(29)32-13-20-18-11-7-5-9-16(18)17-10-6-8-12-19(17)20/h5-12,20-21H,13-15H2,1-4H3,(H,26,29). The highest BCUT2D eigenvalue weighted by molar-refractivity contribution is 5.82. The van der Waals surface area contributed by atoms with Gasteiger partial charge in [-0.1, -0.05) is 48.5 Å². The van der Waals surface area contributed by atoms with E-state index in [0.717, 1.165) is 22.3 Å². The van der Waals surface area contributed by atoms with Gasteiger partial charge in [0.05, 0.1) is 13.7 Å². The molecule has 0 aromatic heterocycles. The second-order valence-corrected chi connectivity index (χ2v) is 8.65. The van der Waals surface area contributed by atoms with Gasteiger partial charge in [-0.05, 0) is 43.0 Å². The van der Waals surface area contributed by atoms with Crippen LogP contribution in [0.2, 0.25) is 0 Å². The Balaban J connectivity index is 1.57. The molecule has 176 valence electrons. The molecule has 1 aliphatic rings. The first kappa shape index (κ1) is 24.3. The highest BCUT2D eigenvalue weighted by Crippen LogP contribution is 2.44. The summed E-state index contributed by atoms with van der Waals surface area (Å²) in [6.45, 7) is 4.68. The summed E-state index contributed by atoms with van der Waals surface area (Å²) < 4.78 is 20.6. The monoisotopic (exact) mass is 455 g/mol. The van der Waals surface area contributed by atoms with Crippen molar-refractivity contribution < 1.29 is 33.3 Å². The molecule has 1 atom stereocenters. The molecule has 0 spiro atoms. The Morgan fingerprint density at radius 1 is 0.970 bits per heavy atom. The number of alkyl carbamates (subject to hydrolysis) is 1. The van der Waals surface area contributed by atoms with E-state index in [-0.39, 0.29) is 25.7 Å². The van der Waals surface area contributed by atoms with Crippen molar-refractivity contribution in [3.8, 4) is 11.1 Å². The van der Waals surface area contributed by atoms with E-state index in [1.165, 1.54) is 7.11 Å². The molecule has 0 saturated carbocycles. The lowest BCUT2D eigenvalue weighted by Crippen LogP contribution is -2.45. The predicted molar refractivity (Wildman–Crippen MR) is 121 cm³/mol. The topological polar surface area (TPSA) is 100 Å². The van der Waals surface area contributed by atoms with Crippen molar-refractivity contribution >= 4 is 18.0 Å². The van der Waals surface area contributed by atoms with Gasteiger partial charge in [0.1, 0.15) is 18.8 Å². The molecule has 1 amide bonds. The van der Waals surface area contributed by atoms with E-state index < -0.39 is 29.7 Å². The third kappa shape index (κ3) is 6.32. The molecule has 3 rings (SSSR count). The third-order valence-electron chi connectivity index (χ3n) is 5.05. The van der Waals surface area contributed by atoms with E-state index in [1.807, 2.05) is 48.5 Å². The average Bonchev–Trinajstić information content (AvgIpc) is 3.09. The molecule has 0 bridgehead atoms. The summed E-state index contributed by atoms with van der Waals surface area (Å²) in [6, 6.07) is 14.8. The van der Waals surface area contributed by atoms with Crippen LogP contribution in [-0.4, -0.2) is 56.6 Å². The number of hydrogen-bond donors (Lipinski definition) is 1. The van der Waals surface area contributed by atoms with Gasteiger partial charge in [0.2, 0.25) is 0 Å². The summed E-state index contributed by atoms with van der Waals surface area (Å²) in [6.07, 6.45) is -0.784. The van der Waals surface area contributed by atoms with Crippen molar-refractivity contribution in [1.29, 1.82) is 0 Å². The van der Waals surface area contributed by atoms with Crippen LogP contribution in [0.4, 0.5) is 4.79 Å². The molecule has 0 heterocycles. The predicted octanol–water partition coefficient (Wildman–Crippen LogP) is 3.43. The Bertz CT molecular complexity index is 966. The van der Waals surface area contributed by atoms with Crippen molar-refractivity contribution in [2.75, 3.05) is 26.9 Å². The molecule has 1 N–H and O–H groups in total. The molecule has 8 heteroatoms. The van der Waals surface area contributed by atoms with E-state index in [9.17, 15) is 14.4 Å².